The van der Waals surface area contributed by atoms with E-state index in [2.05, 4.69) is 26.7 Å². The van der Waals surface area contributed by atoms with Crippen molar-refractivity contribution in [1.29, 1.82) is 0 Å². The van der Waals surface area contributed by atoms with Crippen molar-refractivity contribution in [1.82, 2.24) is 4.90 Å². The molecular formula is C7H8BrNO2. The van der Waals surface area contributed by atoms with Crippen molar-refractivity contribution in [3.8, 4) is 10.8 Å². The molecule has 0 aromatic heterocycles. The number of halogens is 1. The largest absolute Gasteiger partial charge is 0.391 e. The Labute approximate surface area is 73.5 Å². The summed E-state index contributed by atoms with van der Waals surface area (Å²) in [5.74, 6) is 2.13. The molecule has 0 saturated carbocycles. The zero-order chi connectivity index (χ0) is 8.27. The van der Waals surface area contributed by atoms with E-state index in [0.29, 0.717) is 19.5 Å². The Kier molecular flexibility index (Phi) is 2.92. The van der Waals surface area contributed by atoms with Gasteiger partial charge < -0.3 is 10.0 Å². The quantitative estimate of drug-likeness (QED) is 0.578. The molecular weight excluding hydrogens is 210 g/mol. The van der Waals surface area contributed by atoms with Gasteiger partial charge in [0.2, 0.25) is 0 Å². The minimum Gasteiger partial charge on any atom is -0.391 e. The van der Waals surface area contributed by atoms with Crippen LogP contribution in [-0.4, -0.2) is 35.1 Å². The molecule has 3 nitrogen and oxygen atoms in total. The van der Waals surface area contributed by atoms with Crippen LogP contribution in [0.15, 0.2) is 0 Å². The molecule has 1 heterocycles. The average molecular weight is 218 g/mol. The molecule has 0 aromatic carbocycles. The van der Waals surface area contributed by atoms with Crippen LogP contribution in [0.2, 0.25) is 0 Å². The average Bonchev–Trinajstić information content (AvgIpc) is 2.36. The predicted molar refractivity (Wildman–Crippen MR) is 43.9 cm³/mol. The molecule has 1 N–H and O–H groups in total. The first kappa shape index (κ1) is 8.57. The summed E-state index contributed by atoms with van der Waals surface area (Å²) in [7, 11) is 0. The van der Waals surface area contributed by atoms with Crippen molar-refractivity contribution in [2.75, 3.05) is 13.1 Å². The van der Waals surface area contributed by atoms with Crippen molar-refractivity contribution in [3.05, 3.63) is 0 Å². The van der Waals surface area contributed by atoms with E-state index >= 15 is 0 Å². The van der Waals surface area contributed by atoms with Crippen LogP contribution in [-0.2, 0) is 4.79 Å². The second-order valence-electron chi connectivity index (χ2n) is 2.41. The lowest BCUT2D eigenvalue weighted by Crippen LogP contribution is -2.28. The SMILES string of the molecule is O=C(C#CBr)N1CC[C@@H](O)C1. The van der Waals surface area contributed by atoms with E-state index in [-0.39, 0.29) is 12.0 Å². The van der Waals surface area contributed by atoms with E-state index in [4.69, 9.17) is 5.11 Å². The van der Waals surface area contributed by atoms with Crippen molar-refractivity contribution in [2.24, 2.45) is 0 Å². The lowest BCUT2D eigenvalue weighted by atomic mass is 10.3. The fraction of sp³-hybridized carbons (Fsp3) is 0.571. The molecule has 1 rings (SSSR count). The first-order chi connectivity index (χ1) is 5.24. The maximum atomic E-state index is 11.0. The van der Waals surface area contributed by atoms with Crippen molar-refractivity contribution >= 4 is 21.8 Å². The van der Waals surface area contributed by atoms with Crippen LogP contribution in [0.1, 0.15) is 6.42 Å². The summed E-state index contributed by atoms with van der Waals surface area (Å²) < 4.78 is 0. The van der Waals surface area contributed by atoms with E-state index in [0.717, 1.165) is 0 Å². The summed E-state index contributed by atoms with van der Waals surface area (Å²) in [5, 5.41) is 9.06. The number of nitrogens with zero attached hydrogens (tertiary/aromatic N) is 1. The number of rotatable bonds is 0. The molecule has 4 heteroatoms. The number of carbonyl (C=O) groups excluding carboxylic acids is 1. The smallest absolute Gasteiger partial charge is 0.299 e. The van der Waals surface area contributed by atoms with Crippen LogP contribution in [0, 0.1) is 10.8 Å². The summed E-state index contributed by atoms with van der Waals surface area (Å²) in [6.07, 6.45) is 0.298. The second kappa shape index (κ2) is 3.74. The highest BCUT2D eigenvalue weighted by atomic mass is 79.9. The second-order valence-corrected chi connectivity index (χ2v) is 2.81. The zero-order valence-corrected chi connectivity index (χ0v) is 7.47. The van der Waals surface area contributed by atoms with Crippen molar-refractivity contribution in [3.63, 3.8) is 0 Å². The lowest BCUT2D eigenvalue weighted by Gasteiger charge is -2.09. The number of aliphatic hydroxyl groups is 1. The number of β-amino-alcohol motifs (C(OH)–C–C–N with tert-alkyl or cyclic N) is 1. The molecule has 0 bridgehead atoms. The molecule has 1 atom stereocenters. The molecule has 1 aliphatic rings. The predicted octanol–water partition coefficient (Wildman–Crippen LogP) is -0.0646. The number of hydrogen-bond donors (Lipinski definition) is 1. The van der Waals surface area contributed by atoms with Gasteiger partial charge in [0, 0.05) is 34.9 Å². The van der Waals surface area contributed by atoms with Gasteiger partial charge in [-0.15, -0.1) is 0 Å². The third-order valence-electron chi connectivity index (χ3n) is 1.60. The van der Waals surface area contributed by atoms with Gasteiger partial charge in [0.05, 0.1) is 6.10 Å². The summed E-state index contributed by atoms with van der Waals surface area (Å²) in [6, 6.07) is 0. The molecule has 11 heavy (non-hydrogen) atoms. The summed E-state index contributed by atoms with van der Waals surface area (Å²) in [4.78, 5) is 14.9. The van der Waals surface area contributed by atoms with Crippen LogP contribution in [0.4, 0.5) is 0 Å². The van der Waals surface area contributed by atoms with E-state index in [1.54, 1.807) is 4.90 Å². The van der Waals surface area contributed by atoms with Crippen LogP contribution in [0.5, 0.6) is 0 Å². The molecule has 0 radical (unpaired) electrons. The Morgan fingerprint density at radius 1 is 1.73 bits per heavy atom. The number of hydrogen-bond acceptors (Lipinski definition) is 2. The highest BCUT2D eigenvalue weighted by Crippen LogP contribution is 2.07. The van der Waals surface area contributed by atoms with Crippen molar-refractivity contribution in [2.45, 2.75) is 12.5 Å². The van der Waals surface area contributed by atoms with Crippen LogP contribution in [0.3, 0.4) is 0 Å². The molecule has 0 aliphatic carbocycles. The first-order valence-electron chi connectivity index (χ1n) is 3.32. The maximum absolute atomic E-state index is 11.0. The molecule has 1 amide bonds. The number of carbonyl (C=O) groups is 1. The van der Waals surface area contributed by atoms with Gasteiger partial charge in [0.15, 0.2) is 0 Å². The fourth-order valence-corrected chi connectivity index (χ4v) is 1.22. The molecule has 1 aliphatic heterocycles. The number of aliphatic hydroxyl groups excluding tert-OH is 1. The van der Waals surface area contributed by atoms with Gasteiger partial charge >= 0.3 is 0 Å². The van der Waals surface area contributed by atoms with Gasteiger partial charge in [-0.1, -0.05) is 0 Å². The van der Waals surface area contributed by atoms with Crippen LogP contribution < -0.4 is 0 Å². The zero-order valence-electron chi connectivity index (χ0n) is 5.88. The maximum Gasteiger partial charge on any atom is 0.299 e. The summed E-state index contributed by atoms with van der Waals surface area (Å²) in [5.41, 5.74) is 0. The minimum absolute atomic E-state index is 0.224. The van der Waals surface area contributed by atoms with Crippen LogP contribution >= 0.6 is 15.9 Å². The molecule has 1 fully saturated rings. The first-order valence-corrected chi connectivity index (χ1v) is 4.12. The fourth-order valence-electron chi connectivity index (χ4n) is 1.05. The standard InChI is InChI=1S/C7H8BrNO2/c8-3-1-7(11)9-4-2-6(10)5-9/h6,10H,2,4-5H2/t6-/m1/s1. The molecule has 60 valence electrons. The minimum atomic E-state index is -0.365. The highest BCUT2D eigenvalue weighted by Gasteiger charge is 2.22. The number of amides is 1. The third-order valence-corrected chi connectivity index (χ3v) is 1.80. The Hall–Kier alpha value is -0.530. The van der Waals surface area contributed by atoms with Gasteiger partial charge in [0.25, 0.3) is 5.91 Å². The normalized spacial score (nSPS) is 22.7. The molecule has 0 aromatic rings. The number of likely N-dealkylation sites (tertiary alicyclic amines) is 1. The van der Waals surface area contributed by atoms with E-state index in [1.807, 2.05) is 0 Å². The van der Waals surface area contributed by atoms with E-state index in [1.165, 1.54) is 0 Å². The Morgan fingerprint density at radius 2 is 2.45 bits per heavy atom. The van der Waals surface area contributed by atoms with E-state index in [9.17, 15) is 4.79 Å². The third kappa shape index (κ3) is 2.21. The Bertz CT molecular complexity index is 218. The lowest BCUT2D eigenvalue weighted by molar-refractivity contribution is -0.124. The molecule has 0 spiro atoms. The van der Waals surface area contributed by atoms with Gasteiger partial charge in [-0.25, -0.2) is 0 Å². The topological polar surface area (TPSA) is 40.5 Å². The summed E-state index contributed by atoms with van der Waals surface area (Å²) in [6.45, 7) is 1.03. The van der Waals surface area contributed by atoms with Crippen LogP contribution in [0.25, 0.3) is 0 Å². The molecule has 0 unspecified atom stereocenters. The van der Waals surface area contributed by atoms with E-state index < -0.39 is 0 Å². The van der Waals surface area contributed by atoms with Gasteiger partial charge in [-0.05, 0) is 11.3 Å². The van der Waals surface area contributed by atoms with Gasteiger partial charge in [0.1, 0.15) is 0 Å². The summed E-state index contributed by atoms with van der Waals surface area (Å²) >= 11 is 2.84. The highest BCUT2D eigenvalue weighted by molar-refractivity contribution is 9.12. The Balaban J connectivity index is 2.47. The van der Waals surface area contributed by atoms with Crippen molar-refractivity contribution < 1.29 is 9.90 Å². The molecule has 1 saturated heterocycles. The Morgan fingerprint density at radius 3 is 2.91 bits per heavy atom. The van der Waals surface area contributed by atoms with Gasteiger partial charge in [-0.2, -0.15) is 0 Å². The monoisotopic (exact) mass is 217 g/mol. The van der Waals surface area contributed by atoms with Gasteiger partial charge in [-0.3, -0.25) is 4.79 Å².